The van der Waals surface area contributed by atoms with Gasteiger partial charge in [0.05, 0.1) is 6.61 Å². The van der Waals surface area contributed by atoms with E-state index in [1.54, 1.807) is 0 Å². The first-order chi connectivity index (χ1) is 9.74. The maximum absolute atomic E-state index is 5.65. The highest BCUT2D eigenvalue weighted by atomic mass is 16.5. The third kappa shape index (κ3) is 4.50. The Bertz CT molecular complexity index is 386. The molecular formula is C17H28N2O. The van der Waals surface area contributed by atoms with Gasteiger partial charge in [-0.05, 0) is 50.6 Å². The summed E-state index contributed by atoms with van der Waals surface area (Å²) in [7, 11) is 2.24. The fourth-order valence-corrected chi connectivity index (χ4v) is 2.50. The number of rotatable bonds is 9. The van der Waals surface area contributed by atoms with Crippen LogP contribution in [0.3, 0.4) is 0 Å². The van der Waals surface area contributed by atoms with E-state index in [4.69, 9.17) is 4.74 Å². The smallest absolute Gasteiger partial charge is 0.119 e. The van der Waals surface area contributed by atoms with Crippen LogP contribution < -0.4 is 10.1 Å². The summed E-state index contributed by atoms with van der Waals surface area (Å²) in [5.74, 6) is 0.974. The van der Waals surface area contributed by atoms with Gasteiger partial charge in [0.25, 0.3) is 0 Å². The summed E-state index contributed by atoms with van der Waals surface area (Å²) < 4.78 is 5.65. The number of hydrogen-bond donors (Lipinski definition) is 1. The highest BCUT2D eigenvalue weighted by Gasteiger charge is 2.27. The molecule has 0 amide bonds. The number of ether oxygens (including phenoxy) is 1. The van der Waals surface area contributed by atoms with E-state index in [9.17, 15) is 0 Å². The van der Waals surface area contributed by atoms with Crippen LogP contribution >= 0.6 is 0 Å². The van der Waals surface area contributed by atoms with Gasteiger partial charge in [-0.25, -0.2) is 0 Å². The molecule has 0 aromatic heterocycles. The van der Waals surface area contributed by atoms with Crippen LogP contribution in [0.5, 0.6) is 5.75 Å². The van der Waals surface area contributed by atoms with Crippen LogP contribution in [0.2, 0.25) is 0 Å². The monoisotopic (exact) mass is 276 g/mol. The molecule has 0 saturated heterocycles. The maximum Gasteiger partial charge on any atom is 0.119 e. The summed E-state index contributed by atoms with van der Waals surface area (Å²) >= 11 is 0. The third-order valence-electron chi connectivity index (χ3n) is 3.85. The average molecular weight is 276 g/mol. The Kier molecular flexibility index (Phi) is 5.86. The predicted octanol–water partition coefficient (Wildman–Crippen LogP) is 3.22. The second kappa shape index (κ2) is 7.65. The fraction of sp³-hybridized carbons (Fsp3) is 0.647. The van der Waals surface area contributed by atoms with Crippen LogP contribution in [0, 0.1) is 0 Å². The molecule has 0 heterocycles. The van der Waals surface area contributed by atoms with Crippen LogP contribution in [0.25, 0.3) is 0 Å². The van der Waals surface area contributed by atoms with Gasteiger partial charge in [-0.15, -0.1) is 0 Å². The van der Waals surface area contributed by atoms with E-state index in [1.807, 2.05) is 0 Å². The molecule has 1 N–H and O–H groups in total. The van der Waals surface area contributed by atoms with Gasteiger partial charge in [0.15, 0.2) is 0 Å². The van der Waals surface area contributed by atoms with Crippen LogP contribution in [0.4, 0.5) is 0 Å². The molecule has 1 saturated carbocycles. The van der Waals surface area contributed by atoms with Gasteiger partial charge in [0.1, 0.15) is 5.75 Å². The van der Waals surface area contributed by atoms with E-state index < -0.39 is 0 Å². The minimum atomic E-state index is 0.408. The molecule has 3 heteroatoms. The SMILES string of the molecule is CCCOc1ccc(C(CN(C)C2CC2)NCC)cc1. The first-order valence-corrected chi connectivity index (χ1v) is 7.91. The second-order valence-corrected chi connectivity index (χ2v) is 5.70. The van der Waals surface area contributed by atoms with E-state index in [0.29, 0.717) is 6.04 Å². The zero-order valence-electron chi connectivity index (χ0n) is 13.1. The molecule has 3 nitrogen and oxygen atoms in total. The van der Waals surface area contributed by atoms with Crippen LogP contribution in [0.1, 0.15) is 44.7 Å². The van der Waals surface area contributed by atoms with Crippen molar-refractivity contribution in [3.8, 4) is 5.75 Å². The summed E-state index contributed by atoms with van der Waals surface area (Å²) in [4.78, 5) is 2.48. The fourth-order valence-electron chi connectivity index (χ4n) is 2.50. The maximum atomic E-state index is 5.65. The topological polar surface area (TPSA) is 24.5 Å². The molecule has 20 heavy (non-hydrogen) atoms. The van der Waals surface area contributed by atoms with Gasteiger partial charge in [-0.2, -0.15) is 0 Å². The molecule has 1 aliphatic rings. The first kappa shape index (κ1) is 15.3. The predicted molar refractivity (Wildman–Crippen MR) is 84.3 cm³/mol. The lowest BCUT2D eigenvalue weighted by molar-refractivity contribution is 0.283. The Hall–Kier alpha value is -1.06. The molecule has 0 bridgehead atoms. The molecule has 2 rings (SSSR count). The normalized spacial score (nSPS) is 16.4. The van der Waals surface area contributed by atoms with Crippen LogP contribution in [-0.2, 0) is 0 Å². The van der Waals surface area contributed by atoms with E-state index in [0.717, 1.165) is 37.9 Å². The molecule has 1 aromatic carbocycles. The van der Waals surface area contributed by atoms with Gasteiger partial charge in [0, 0.05) is 18.6 Å². The number of nitrogens with zero attached hydrogens (tertiary/aromatic N) is 1. The minimum Gasteiger partial charge on any atom is -0.494 e. The molecular weight excluding hydrogens is 248 g/mol. The van der Waals surface area contributed by atoms with Crippen LogP contribution in [-0.4, -0.2) is 37.7 Å². The number of nitrogens with one attached hydrogen (secondary N) is 1. The van der Waals surface area contributed by atoms with Gasteiger partial charge < -0.3 is 15.0 Å². The van der Waals surface area contributed by atoms with Gasteiger partial charge in [-0.3, -0.25) is 0 Å². The van der Waals surface area contributed by atoms with E-state index in [1.165, 1.54) is 18.4 Å². The third-order valence-corrected chi connectivity index (χ3v) is 3.85. The number of likely N-dealkylation sites (N-methyl/N-ethyl adjacent to an activating group) is 2. The zero-order chi connectivity index (χ0) is 14.4. The second-order valence-electron chi connectivity index (χ2n) is 5.70. The highest BCUT2D eigenvalue weighted by Crippen LogP contribution is 2.27. The molecule has 112 valence electrons. The van der Waals surface area contributed by atoms with Crippen molar-refractivity contribution in [2.24, 2.45) is 0 Å². The van der Waals surface area contributed by atoms with Gasteiger partial charge in [-0.1, -0.05) is 26.0 Å². The van der Waals surface area contributed by atoms with E-state index in [-0.39, 0.29) is 0 Å². The summed E-state index contributed by atoms with van der Waals surface area (Å²) in [6.07, 6.45) is 3.77. The van der Waals surface area contributed by atoms with Gasteiger partial charge in [0.2, 0.25) is 0 Å². The van der Waals surface area contributed by atoms with E-state index in [2.05, 4.69) is 55.4 Å². The molecule has 1 atom stereocenters. The Morgan fingerprint density at radius 2 is 1.95 bits per heavy atom. The van der Waals surface area contributed by atoms with Gasteiger partial charge >= 0.3 is 0 Å². The lowest BCUT2D eigenvalue weighted by Gasteiger charge is -2.25. The van der Waals surface area contributed by atoms with Crippen molar-refractivity contribution >= 4 is 0 Å². The first-order valence-electron chi connectivity index (χ1n) is 7.91. The van der Waals surface area contributed by atoms with Crippen molar-refractivity contribution in [3.05, 3.63) is 29.8 Å². The quantitative estimate of drug-likeness (QED) is 0.749. The van der Waals surface area contributed by atoms with Crippen molar-refractivity contribution in [1.82, 2.24) is 10.2 Å². The van der Waals surface area contributed by atoms with E-state index >= 15 is 0 Å². The molecule has 0 spiro atoms. The number of benzene rings is 1. The molecule has 1 aromatic rings. The highest BCUT2D eigenvalue weighted by molar-refractivity contribution is 5.29. The number of hydrogen-bond acceptors (Lipinski definition) is 3. The molecule has 1 unspecified atom stereocenters. The van der Waals surface area contributed by atoms with Crippen molar-refractivity contribution < 1.29 is 4.74 Å². The zero-order valence-corrected chi connectivity index (χ0v) is 13.1. The Morgan fingerprint density at radius 1 is 1.25 bits per heavy atom. The standard InChI is InChI=1S/C17H28N2O/c1-4-12-20-16-10-6-14(7-11-16)17(18-5-2)13-19(3)15-8-9-15/h6-7,10-11,15,17-18H,4-5,8-9,12-13H2,1-3H3. The largest absolute Gasteiger partial charge is 0.494 e. The van der Waals surface area contributed by atoms with Crippen molar-refractivity contribution in [2.45, 2.75) is 45.2 Å². The van der Waals surface area contributed by atoms with Crippen molar-refractivity contribution in [2.75, 3.05) is 26.7 Å². The molecule has 0 aliphatic heterocycles. The lowest BCUT2D eigenvalue weighted by atomic mass is 10.1. The summed E-state index contributed by atoms with van der Waals surface area (Å²) in [5.41, 5.74) is 1.35. The Labute approximate surface area is 123 Å². The Morgan fingerprint density at radius 3 is 2.50 bits per heavy atom. The van der Waals surface area contributed by atoms with Crippen molar-refractivity contribution in [1.29, 1.82) is 0 Å². The van der Waals surface area contributed by atoms with Crippen LogP contribution in [0.15, 0.2) is 24.3 Å². The summed E-state index contributed by atoms with van der Waals surface area (Å²) in [6, 6.07) is 9.78. The lowest BCUT2D eigenvalue weighted by Crippen LogP contribution is -2.34. The average Bonchev–Trinajstić information content (AvgIpc) is 3.30. The molecule has 1 aliphatic carbocycles. The molecule has 1 fully saturated rings. The summed E-state index contributed by atoms with van der Waals surface area (Å²) in [6.45, 7) is 7.16. The molecule has 0 radical (unpaired) electrons. The minimum absolute atomic E-state index is 0.408. The van der Waals surface area contributed by atoms with Crippen molar-refractivity contribution in [3.63, 3.8) is 0 Å². The summed E-state index contributed by atoms with van der Waals surface area (Å²) in [5, 5.41) is 3.59. The Balaban J connectivity index is 1.96.